The molecule has 1 aromatic carbocycles. The maximum atomic E-state index is 11.0. The van der Waals surface area contributed by atoms with Gasteiger partial charge in [-0.25, -0.2) is 9.78 Å². The predicted octanol–water partition coefficient (Wildman–Crippen LogP) is 4.55. The van der Waals surface area contributed by atoms with E-state index in [9.17, 15) is 4.79 Å². The molecule has 122 valence electrons. The zero-order valence-corrected chi connectivity index (χ0v) is 13.9. The SMILES string of the molecule is O=C(O)c1ccc(-c2cccc(NCCCc3ccccc3)n2)s1. The summed E-state index contributed by atoms with van der Waals surface area (Å²) in [7, 11) is 0. The molecule has 0 amide bonds. The number of carboxylic acid groups (broad SMARTS) is 1. The number of anilines is 1. The van der Waals surface area contributed by atoms with Gasteiger partial charge in [-0.1, -0.05) is 36.4 Å². The van der Waals surface area contributed by atoms with Gasteiger partial charge in [0.15, 0.2) is 0 Å². The first-order valence-corrected chi connectivity index (χ1v) is 8.62. The second kappa shape index (κ2) is 7.75. The Morgan fingerprint density at radius 2 is 1.88 bits per heavy atom. The molecule has 3 rings (SSSR count). The van der Waals surface area contributed by atoms with E-state index in [1.165, 1.54) is 16.9 Å². The van der Waals surface area contributed by atoms with Crippen molar-refractivity contribution in [1.82, 2.24) is 4.98 Å². The lowest BCUT2D eigenvalue weighted by Gasteiger charge is -2.07. The van der Waals surface area contributed by atoms with Crippen molar-refractivity contribution >= 4 is 23.1 Å². The van der Waals surface area contributed by atoms with Gasteiger partial charge in [0.05, 0.1) is 10.6 Å². The Bertz CT molecular complexity index is 815. The van der Waals surface area contributed by atoms with Crippen molar-refractivity contribution in [2.75, 3.05) is 11.9 Å². The molecule has 0 aliphatic heterocycles. The number of benzene rings is 1. The molecule has 0 bridgehead atoms. The van der Waals surface area contributed by atoms with Crippen LogP contribution in [0.25, 0.3) is 10.6 Å². The molecular weight excluding hydrogens is 320 g/mol. The van der Waals surface area contributed by atoms with E-state index < -0.39 is 5.97 Å². The fourth-order valence-corrected chi connectivity index (χ4v) is 3.23. The minimum Gasteiger partial charge on any atom is -0.477 e. The number of rotatable bonds is 7. The number of aryl methyl sites for hydroxylation is 1. The highest BCUT2D eigenvalue weighted by Gasteiger charge is 2.09. The highest BCUT2D eigenvalue weighted by atomic mass is 32.1. The third-order valence-corrected chi connectivity index (χ3v) is 4.71. The Kier molecular flexibility index (Phi) is 5.23. The fourth-order valence-electron chi connectivity index (χ4n) is 2.41. The number of nitrogens with zero attached hydrogens (tertiary/aromatic N) is 1. The third kappa shape index (κ3) is 4.20. The maximum Gasteiger partial charge on any atom is 0.345 e. The van der Waals surface area contributed by atoms with E-state index in [0.29, 0.717) is 4.88 Å². The summed E-state index contributed by atoms with van der Waals surface area (Å²) in [5.41, 5.74) is 2.13. The van der Waals surface area contributed by atoms with Crippen molar-refractivity contribution in [2.45, 2.75) is 12.8 Å². The van der Waals surface area contributed by atoms with Gasteiger partial charge in [0.25, 0.3) is 0 Å². The second-order valence-corrected chi connectivity index (χ2v) is 6.48. The van der Waals surface area contributed by atoms with Crippen LogP contribution in [0.5, 0.6) is 0 Å². The summed E-state index contributed by atoms with van der Waals surface area (Å²) >= 11 is 1.24. The Morgan fingerprint density at radius 3 is 2.62 bits per heavy atom. The van der Waals surface area contributed by atoms with Crippen LogP contribution in [0.1, 0.15) is 21.7 Å². The molecule has 4 nitrogen and oxygen atoms in total. The van der Waals surface area contributed by atoms with Crippen LogP contribution in [0.4, 0.5) is 5.82 Å². The quantitative estimate of drug-likeness (QED) is 0.620. The molecule has 2 heterocycles. The van der Waals surface area contributed by atoms with E-state index in [4.69, 9.17) is 5.11 Å². The molecule has 0 saturated carbocycles. The van der Waals surface area contributed by atoms with E-state index in [0.717, 1.165) is 35.8 Å². The molecule has 3 aromatic rings. The van der Waals surface area contributed by atoms with Gasteiger partial charge in [0.2, 0.25) is 0 Å². The molecule has 0 atom stereocenters. The topological polar surface area (TPSA) is 62.2 Å². The summed E-state index contributed by atoms with van der Waals surface area (Å²) < 4.78 is 0. The third-order valence-electron chi connectivity index (χ3n) is 3.61. The van der Waals surface area contributed by atoms with Gasteiger partial charge >= 0.3 is 5.97 Å². The Hall–Kier alpha value is -2.66. The van der Waals surface area contributed by atoms with Crippen LogP contribution in [-0.2, 0) is 6.42 Å². The van der Waals surface area contributed by atoms with Crippen LogP contribution in [0.3, 0.4) is 0 Å². The zero-order chi connectivity index (χ0) is 16.8. The standard InChI is InChI=1S/C19H18N2O2S/c22-19(23)17-12-11-16(24-17)15-9-4-10-18(21-15)20-13-5-8-14-6-2-1-3-7-14/h1-4,6-7,9-12H,5,8,13H2,(H,20,21)(H,22,23). The molecule has 0 unspecified atom stereocenters. The van der Waals surface area contributed by atoms with E-state index in [-0.39, 0.29) is 0 Å². The molecule has 5 heteroatoms. The van der Waals surface area contributed by atoms with Crippen LogP contribution >= 0.6 is 11.3 Å². The normalized spacial score (nSPS) is 10.5. The molecule has 0 saturated heterocycles. The van der Waals surface area contributed by atoms with Crippen LogP contribution < -0.4 is 5.32 Å². The fraction of sp³-hybridized carbons (Fsp3) is 0.158. The lowest BCUT2D eigenvalue weighted by atomic mass is 10.1. The average molecular weight is 338 g/mol. The van der Waals surface area contributed by atoms with Gasteiger partial charge in [0, 0.05) is 6.54 Å². The summed E-state index contributed by atoms with van der Waals surface area (Å²) in [5, 5.41) is 12.3. The minimum atomic E-state index is -0.901. The van der Waals surface area contributed by atoms with E-state index in [1.807, 2.05) is 24.3 Å². The lowest BCUT2D eigenvalue weighted by Crippen LogP contribution is -2.04. The number of aromatic nitrogens is 1. The second-order valence-electron chi connectivity index (χ2n) is 5.39. The van der Waals surface area contributed by atoms with Crippen molar-refractivity contribution in [3.8, 4) is 10.6 Å². The Balaban J connectivity index is 1.57. The molecule has 0 spiro atoms. The first-order valence-electron chi connectivity index (χ1n) is 7.81. The monoisotopic (exact) mass is 338 g/mol. The van der Waals surface area contributed by atoms with E-state index in [1.54, 1.807) is 12.1 Å². The summed E-state index contributed by atoms with van der Waals surface area (Å²) in [6, 6.07) is 19.6. The maximum absolute atomic E-state index is 11.0. The smallest absolute Gasteiger partial charge is 0.345 e. The molecular formula is C19H18N2O2S. The number of carbonyl (C=O) groups is 1. The largest absolute Gasteiger partial charge is 0.477 e. The van der Waals surface area contributed by atoms with Gasteiger partial charge in [-0.15, -0.1) is 11.3 Å². The molecule has 0 aliphatic carbocycles. The van der Waals surface area contributed by atoms with Crippen LogP contribution in [0.15, 0.2) is 60.7 Å². The summed E-state index contributed by atoms with van der Waals surface area (Å²) in [5.74, 6) is -0.0905. The number of aromatic carboxylic acids is 1. The number of hydrogen-bond donors (Lipinski definition) is 2. The average Bonchev–Trinajstić information content (AvgIpc) is 3.10. The lowest BCUT2D eigenvalue weighted by molar-refractivity contribution is 0.0702. The minimum absolute atomic E-state index is 0.327. The Morgan fingerprint density at radius 1 is 1.04 bits per heavy atom. The van der Waals surface area contributed by atoms with E-state index in [2.05, 4.69) is 34.6 Å². The highest BCUT2D eigenvalue weighted by Crippen LogP contribution is 2.27. The summed E-state index contributed by atoms with van der Waals surface area (Å²) in [6.07, 6.45) is 2.05. The number of hydrogen-bond acceptors (Lipinski definition) is 4. The van der Waals surface area contributed by atoms with Gasteiger partial charge in [-0.05, 0) is 42.7 Å². The van der Waals surface area contributed by atoms with Crippen molar-refractivity contribution in [3.63, 3.8) is 0 Å². The van der Waals surface area contributed by atoms with Gasteiger partial charge in [-0.3, -0.25) is 0 Å². The number of nitrogens with one attached hydrogen (secondary N) is 1. The number of pyridine rings is 1. The molecule has 2 N–H and O–H groups in total. The molecule has 0 radical (unpaired) electrons. The van der Waals surface area contributed by atoms with Crippen molar-refractivity contribution in [2.24, 2.45) is 0 Å². The van der Waals surface area contributed by atoms with Crippen molar-refractivity contribution in [3.05, 3.63) is 71.1 Å². The molecule has 0 aliphatic rings. The molecule has 2 aromatic heterocycles. The first kappa shape index (κ1) is 16.2. The Labute approximate surface area is 144 Å². The van der Waals surface area contributed by atoms with Crippen molar-refractivity contribution < 1.29 is 9.90 Å². The molecule has 0 fully saturated rings. The predicted molar refractivity (Wildman–Crippen MR) is 97.8 cm³/mol. The van der Waals surface area contributed by atoms with Crippen LogP contribution in [0, 0.1) is 0 Å². The van der Waals surface area contributed by atoms with Crippen LogP contribution in [0.2, 0.25) is 0 Å². The van der Waals surface area contributed by atoms with Gasteiger partial charge in [0.1, 0.15) is 10.7 Å². The highest BCUT2D eigenvalue weighted by molar-refractivity contribution is 7.17. The van der Waals surface area contributed by atoms with Crippen LogP contribution in [-0.4, -0.2) is 22.6 Å². The molecule has 24 heavy (non-hydrogen) atoms. The van der Waals surface area contributed by atoms with Gasteiger partial charge in [-0.2, -0.15) is 0 Å². The summed E-state index contributed by atoms with van der Waals surface area (Å²) in [4.78, 5) is 16.7. The number of thiophene rings is 1. The van der Waals surface area contributed by atoms with Crippen molar-refractivity contribution in [1.29, 1.82) is 0 Å². The van der Waals surface area contributed by atoms with Gasteiger partial charge < -0.3 is 10.4 Å². The summed E-state index contributed by atoms with van der Waals surface area (Å²) in [6.45, 7) is 0.843. The van der Waals surface area contributed by atoms with E-state index >= 15 is 0 Å². The zero-order valence-electron chi connectivity index (χ0n) is 13.1. The first-order chi connectivity index (χ1) is 11.7. The number of carboxylic acids is 1.